The van der Waals surface area contributed by atoms with Gasteiger partial charge in [-0.2, -0.15) is 11.3 Å². The number of carbonyl (C=O) groups is 1. The third kappa shape index (κ3) is 6.44. The number of hydrogen-bond acceptors (Lipinski definition) is 3. The zero-order valence-electron chi connectivity index (χ0n) is 10.6. The Hall–Kier alpha value is -0.870. The summed E-state index contributed by atoms with van der Waals surface area (Å²) in [6, 6.07) is 2.49. The minimum absolute atomic E-state index is 0.133. The molecule has 17 heavy (non-hydrogen) atoms. The molecule has 3 N–H and O–H groups in total. The van der Waals surface area contributed by atoms with Gasteiger partial charge in [0.1, 0.15) is 0 Å². The van der Waals surface area contributed by atoms with E-state index in [4.69, 9.17) is 5.73 Å². The number of nitrogens with two attached hydrogens (primary N) is 1. The molecule has 0 saturated carbocycles. The van der Waals surface area contributed by atoms with E-state index in [0.717, 1.165) is 19.3 Å². The SMILES string of the molecule is CC(N)CCCC(=O)NC(C)Cc1ccsc1. The van der Waals surface area contributed by atoms with Crippen LogP contribution >= 0.6 is 11.3 Å². The van der Waals surface area contributed by atoms with Crippen molar-refractivity contribution in [2.24, 2.45) is 5.73 Å². The summed E-state index contributed by atoms with van der Waals surface area (Å²) in [5.41, 5.74) is 6.93. The first-order valence-corrected chi connectivity index (χ1v) is 7.08. The van der Waals surface area contributed by atoms with Gasteiger partial charge in [0.15, 0.2) is 0 Å². The molecule has 2 unspecified atom stereocenters. The highest BCUT2D eigenvalue weighted by molar-refractivity contribution is 7.07. The molecular formula is C13H22N2OS. The molecule has 0 fully saturated rings. The van der Waals surface area contributed by atoms with Gasteiger partial charge in [0.05, 0.1) is 0 Å². The fourth-order valence-corrected chi connectivity index (χ4v) is 2.43. The third-order valence-electron chi connectivity index (χ3n) is 2.59. The average molecular weight is 254 g/mol. The summed E-state index contributed by atoms with van der Waals surface area (Å²) < 4.78 is 0. The predicted molar refractivity (Wildman–Crippen MR) is 73.1 cm³/mol. The molecule has 96 valence electrons. The normalized spacial score (nSPS) is 14.3. The Kier molecular flexibility index (Phi) is 6.22. The standard InChI is InChI=1S/C13H22N2OS/c1-10(14)4-3-5-13(16)15-11(2)8-12-6-7-17-9-12/h6-7,9-11H,3-5,8,14H2,1-2H3,(H,15,16). The number of nitrogens with one attached hydrogen (secondary N) is 1. The van der Waals surface area contributed by atoms with Crippen molar-refractivity contribution in [1.82, 2.24) is 5.32 Å². The molecule has 0 aliphatic rings. The molecule has 2 atom stereocenters. The van der Waals surface area contributed by atoms with Crippen LogP contribution in [0.25, 0.3) is 0 Å². The molecule has 1 aromatic rings. The maximum atomic E-state index is 11.6. The average Bonchev–Trinajstić information content (AvgIpc) is 2.69. The van der Waals surface area contributed by atoms with Crippen LogP contribution < -0.4 is 11.1 Å². The van der Waals surface area contributed by atoms with Crippen LogP contribution in [0.3, 0.4) is 0 Å². The van der Waals surface area contributed by atoms with Crippen molar-refractivity contribution in [3.8, 4) is 0 Å². The lowest BCUT2D eigenvalue weighted by Gasteiger charge is -2.13. The van der Waals surface area contributed by atoms with Crippen LogP contribution in [0.5, 0.6) is 0 Å². The highest BCUT2D eigenvalue weighted by atomic mass is 32.1. The number of rotatable bonds is 7. The van der Waals surface area contributed by atoms with Crippen LogP contribution in [-0.4, -0.2) is 18.0 Å². The number of amides is 1. The molecule has 0 radical (unpaired) electrons. The predicted octanol–water partition coefficient (Wildman–Crippen LogP) is 2.31. The van der Waals surface area contributed by atoms with Gasteiger partial charge in [0.25, 0.3) is 0 Å². The minimum Gasteiger partial charge on any atom is -0.353 e. The molecule has 1 rings (SSSR count). The van der Waals surface area contributed by atoms with Crippen LogP contribution in [0.4, 0.5) is 0 Å². The molecule has 1 heterocycles. The number of thiophene rings is 1. The maximum Gasteiger partial charge on any atom is 0.220 e. The van der Waals surface area contributed by atoms with E-state index in [0.29, 0.717) is 6.42 Å². The molecule has 0 aromatic carbocycles. The fraction of sp³-hybridized carbons (Fsp3) is 0.615. The van der Waals surface area contributed by atoms with E-state index in [1.807, 2.05) is 13.8 Å². The molecule has 0 aliphatic heterocycles. The second-order valence-corrected chi connectivity index (χ2v) is 5.45. The second-order valence-electron chi connectivity index (χ2n) is 4.67. The quantitative estimate of drug-likeness (QED) is 0.784. The van der Waals surface area contributed by atoms with Gasteiger partial charge in [-0.15, -0.1) is 0 Å². The van der Waals surface area contributed by atoms with Gasteiger partial charge in [-0.05, 0) is 55.5 Å². The van der Waals surface area contributed by atoms with E-state index in [-0.39, 0.29) is 18.0 Å². The summed E-state index contributed by atoms with van der Waals surface area (Å²) in [7, 11) is 0. The number of hydrogen-bond donors (Lipinski definition) is 2. The molecule has 0 bridgehead atoms. The Bertz CT molecular complexity index is 322. The molecule has 0 spiro atoms. The molecule has 4 heteroatoms. The van der Waals surface area contributed by atoms with Crippen molar-refractivity contribution in [3.05, 3.63) is 22.4 Å². The van der Waals surface area contributed by atoms with E-state index in [1.165, 1.54) is 5.56 Å². The molecule has 1 amide bonds. The van der Waals surface area contributed by atoms with Crippen LogP contribution in [0.1, 0.15) is 38.7 Å². The summed E-state index contributed by atoms with van der Waals surface area (Å²) >= 11 is 1.69. The Balaban J connectivity index is 2.17. The van der Waals surface area contributed by atoms with Gasteiger partial charge >= 0.3 is 0 Å². The lowest BCUT2D eigenvalue weighted by Crippen LogP contribution is -2.34. The van der Waals surface area contributed by atoms with Crippen LogP contribution in [-0.2, 0) is 11.2 Å². The first kappa shape index (κ1) is 14.2. The summed E-state index contributed by atoms with van der Waals surface area (Å²) in [6.45, 7) is 4.01. The Morgan fingerprint density at radius 3 is 2.88 bits per heavy atom. The third-order valence-corrected chi connectivity index (χ3v) is 3.32. The smallest absolute Gasteiger partial charge is 0.220 e. The zero-order chi connectivity index (χ0) is 12.7. The lowest BCUT2D eigenvalue weighted by molar-refractivity contribution is -0.121. The topological polar surface area (TPSA) is 55.1 Å². The van der Waals surface area contributed by atoms with Crippen molar-refractivity contribution in [2.45, 2.75) is 51.6 Å². The first-order chi connectivity index (χ1) is 8.08. The summed E-state index contributed by atoms with van der Waals surface area (Å²) in [5.74, 6) is 0.133. The summed E-state index contributed by atoms with van der Waals surface area (Å²) in [5, 5.41) is 7.20. The van der Waals surface area contributed by atoms with Gasteiger partial charge in [-0.1, -0.05) is 0 Å². The first-order valence-electron chi connectivity index (χ1n) is 6.14. The maximum absolute atomic E-state index is 11.6. The Morgan fingerprint density at radius 2 is 2.29 bits per heavy atom. The van der Waals surface area contributed by atoms with Gasteiger partial charge < -0.3 is 11.1 Å². The van der Waals surface area contributed by atoms with Crippen LogP contribution in [0, 0.1) is 0 Å². The lowest BCUT2D eigenvalue weighted by atomic mass is 10.1. The van der Waals surface area contributed by atoms with Crippen molar-refractivity contribution >= 4 is 17.2 Å². The minimum atomic E-state index is 0.133. The summed E-state index contributed by atoms with van der Waals surface area (Å²) in [4.78, 5) is 11.6. The second kappa shape index (κ2) is 7.45. The van der Waals surface area contributed by atoms with Crippen LogP contribution in [0.15, 0.2) is 16.8 Å². The van der Waals surface area contributed by atoms with Gasteiger partial charge in [0.2, 0.25) is 5.91 Å². The zero-order valence-corrected chi connectivity index (χ0v) is 11.4. The van der Waals surface area contributed by atoms with Crippen molar-refractivity contribution in [2.75, 3.05) is 0 Å². The van der Waals surface area contributed by atoms with Crippen molar-refractivity contribution in [1.29, 1.82) is 0 Å². The molecule has 3 nitrogen and oxygen atoms in total. The molecular weight excluding hydrogens is 232 g/mol. The van der Waals surface area contributed by atoms with E-state index < -0.39 is 0 Å². The van der Waals surface area contributed by atoms with Crippen molar-refractivity contribution in [3.63, 3.8) is 0 Å². The van der Waals surface area contributed by atoms with E-state index in [2.05, 4.69) is 22.1 Å². The van der Waals surface area contributed by atoms with E-state index in [9.17, 15) is 4.79 Å². The largest absolute Gasteiger partial charge is 0.353 e. The van der Waals surface area contributed by atoms with E-state index in [1.54, 1.807) is 11.3 Å². The Morgan fingerprint density at radius 1 is 1.53 bits per heavy atom. The van der Waals surface area contributed by atoms with Crippen LogP contribution in [0.2, 0.25) is 0 Å². The monoisotopic (exact) mass is 254 g/mol. The highest BCUT2D eigenvalue weighted by Crippen LogP contribution is 2.08. The summed E-state index contributed by atoms with van der Waals surface area (Å²) in [6.07, 6.45) is 3.26. The van der Waals surface area contributed by atoms with Gasteiger partial charge in [-0.3, -0.25) is 4.79 Å². The fourth-order valence-electron chi connectivity index (χ4n) is 1.74. The van der Waals surface area contributed by atoms with Gasteiger partial charge in [0, 0.05) is 18.5 Å². The van der Waals surface area contributed by atoms with Gasteiger partial charge in [-0.25, -0.2) is 0 Å². The van der Waals surface area contributed by atoms with Crippen molar-refractivity contribution < 1.29 is 4.79 Å². The van der Waals surface area contributed by atoms with E-state index >= 15 is 0 Å². The molecule has 1 aromatic heterocycles. The number of carbonyl (C=O) groups excluding carboxylic acids is 1. The highest BCUT2D eigenvalue weighted by Gasteiger charge is 2.08. The molecule has 0 aliphatic carbocycles. The Labute approximate surface area is 107 Å². The molecule has 0 saturated heterocycles.